The van der Waals surface area contributed by atoms with E-state index < -0.39 is 0 Å². The van der Waals surface area contributed by atoms with Gasteiger partial charge in [0.2, 0.25) is 0 Å². The molecule has 2 heteroatoms. The molecule has 0 saturated carbocycles. The summed E-state index contributed by atoms with van der Waals surface area (Å²) >= 11 is 0. The van der Waals surface area contributed by atoms with E-state index in [0.29, 0.717) is 5.92 Å². The summed E-state index contributed by atoms with van der Waals surface area (Å²) in [6.07, 6.45) is 4.90. The third-order valence-electron chi connectivity index (χ3n) is 2.31. The normalized spacial score (nSPS) is 18.2. The van der Waals surface area contributed by atoms with Gasteiger partial charge in [-0.05, 0) is 32.6 Å². The minimum absolute atomic E-state index is 0.160. The number of aliphatic hydroxyl groups excluding tert-OH is 2. The first-order valence-electron chi connectivity index (χ1n) is 5.38. The monoisotopic (exact) mass is 188 g/mol. The summed E-state index contributed by atoms with van der Waals surface area (Å²) in [7, 11) is 0. The quantitative estimate of drug-likeness (QED) is 0.602. The molecular weight excluding hydrogens is 164 g/mol. The molecule has 0 heterocycles. The smallest absolute Gasteiger partial charge is 0.0514 e. The molecule has 0 amide bonds. The lowest BCUT2D eigenvalue weighted by Crippen LogP contribution is -2.07. The van der Waals surface area contributed by atoms with Crippen LogP contribution in [0.3, 0.4) is 0 Å². The van der Waals surface area contributed by atoms with Crippen molar-refractivity contribution in [1.82, 2.24) is 0 Å². The van der Waals surface area contributed by atoms with E-state index in [-0.39, 0.29) is 12.2 Å². The third-order valence-corrected chi connectivity index (χ3v) is 2.31. The molecule has 0 aliphatic carbocycles. The fourth-order valence-corrected chi connectivity index (χ4v) is 1.63. The van der Waals surface area contributed by atoms with Gasteiger partial charge in [-0.2, -0.15) is 0 Å². The van der Waals surface area contributed by atoms with Gasteiger partial charge in [0.1, 0.15) is 0 Å². The van der Waals surface area contributed by atoms with E-state index in [0.717, 1.165) is 25.7 Å². The molecule has 0 aromatic rings. The number of rotatable bonds is 7. The molecule has 0 radical (unpaired) electrons. The highest BCUT2D eigenvalue weighted by molar-refractivity contribution is 4.58. The lowest BCUT2D eigenvalue weighted by molar-refractivity contribution is 0.158. The minimum atomic E-state index is -0.174. The molecule has 0 saturated heterocycles. The van der Waals surface area contributed by atoms with Crippen LogP contribution in [0.2, 0.25) is 0 Å². The summed E-state index contributed by atoms with van der Waals surface area (Å²) in [5.74, 6) is 0.606. The number of hydrogen-bond donors (Lipinski definition) is 2. The van der Waals surface area contributed by atoms with Crippen LogP contribution < -0.4 is 0 Å². The highest BCUT2D eigenvalue weighted by atomic mass is 16.3. The third kappa shape index (κ3) is 9.84. The molecule has 2 N–H and O–H groups in total. The van der Waals surface area contributed by atoms with Crippen molar-refractivity contribution in [3.8, 4) is 0 Å². The molecule has 3 atom stereocenters. The first-order valence-corrected chi connectivity index (χ1v) is 5.38. The maximum Gasteiger partial charge on any atom is 0.0514 e. The zero-order valence-corrected chi connectivity index (χ0v) is 9.16. The Bertz CT molecular complexity index is 111. The summed E-state index contributed by atoms with van der Waals surface area (Å²) in [6.45, 7) is 5.85. The van der Waals surface area contributed by atoms with Crippen LogP contribution in [-0.2, 0) is 0 Å². The van der Waals surface area contributed by atoms with Crippen LogP contribution in [0.15, 0.2) is 0 Å². The maximum atomic E-state index is 9.13. The van der Waals surface area contributed by atoms with Gasteiger partial charge >= 0.3 is 0 Å². The Morgan fingerprint density at radius 1 is 0.846 bits per heavy atom. The molecule has 0 aliphatic rings. The Morgan fingerprint density at radius 3 is 1.85 bits per heavy atom. The second kappa shape index (κ2) is 7.34. The molecule has 13 heavy (non-hydrogen) atoms. The molecular formula is C11H24O2. The molecule has 0 fully saturated rings. The van der Waals surface area contributed by atoms with Gasteiger partial charge in [0, 0.05) is 0 Å². The van der Waals surface area contributed by atoms with Crippen LogP contribution in [0.4, 0.5) is 0 Å². The summed E-state index contributed by atoms with van der Waals surface area (Å²) < 4.78 is 0. The fraction of sp³-hybridized carbons (Fsp3) is 1.00. The van der Waals surface area contributed by atoms with Crippen LogP contribution in [0, 0.1) is 5.92 Å². The number of hydrogen-bond acceptors (Lipinski definition) is 2. The Labute approximate surface area is 82.0 Å². The van der Waals surface area contributed by atoms with Gasteiger partial charge in [-0.15, -0.1) is 0 Å². The summed E-state index contributed by atoms with van der Waals surface area (Å²) in [4.78, 5) is 0. The van der Waals surface area contributed by atoms with E-state index in [1.807, 2.05) is 13.8 Å². The van der Waals surface area contributed by atoms with Gasteiger partial charge in [-0.1, -0.05) is 26.2 Å². The average Bonchev–Trinajstić information content (AvgIpc) is 1.96. The van der Waals surface area contributed by atoms with Crippen LogP contribution in [0.1, 0.15) is 52.9 Å². The summed E-state index contributed by atoms with van der Waals surface area (Å²) in [5.41, 5.74) is 0. The Hall–Kier alpha value is -0.0800. The first kappa shape index (κ1) is 12.9. The topological polar surface area (TPSA) is 40.5 Å². The van der Waals surface area contributed by atoms with Crippen LogP contribution in [0.5, 0.6) is 0 Å². The van der Waals surface area contributed by atoms with E-state index in [1.165, 1.54) is 6.42 Å². The molecule has 0 aliphatic heterocycles. The molecule has 80 valence electrons. The van der Waals surface area contributed by atoms with Crippen molar-refractivity contribution in [3.05, 3.63) is 0 Å². The lowest BCUT2D eigenvalue weighted by atomic mass is 9.97. The predicted octanol–water partition coefficient (Wildman–Crippen LogP) is 2.33. The van der Waals surface area contributed by atoms with Crippen molar-refractivity contribution < 1.29 is 10.2 Å². The second-order valence-corrected chi connectivity index (χ2v) is 4.32. The zero-order chi connectivity index (χ0) is 10.3. The molecule has 0 aromatic heterocycles. The van der Waals surface area contributed by atoms with Crippen molar-refractivity contribution in [2.45, 2.75) is 65.1 Å². The van der Waals surface area contributed by atoms with E-state index in [2.05, 4.69) is 6.92 Å². The first-order chi connectivity index (χ1) is 6.02. The highest BCUT2D eigenvalue weighted by Crippen LogP contribution is 2.15. The molecule has 0 aromatic carbocycles. The molecule has 2 nitrogen and oxygen atoms in total. The SMILES string of the molecule is CC(O)CCCCC(C)CC(C)O. The second-order valence-electron chi connectivity index (χ2n) is 4.32. The molecule has 0 rings (SSSR count). The standard InChI is InChI=1S/C11H24O2/c1-9(8-11(3)13)6-4-5-7-10(2)12/h9-13H,4-8H2,1-3H3. The van der Waals surface area contributed by atoms with E-state index in [1.54, 1.807) is 0 Å². The number of unbranched alkanes of at least 4 members (excludes halogenated alkanes) is 1. The predicted molar refractivity (Wildman–Crippen MR) is 55.6 cm³/mol. The van der Waals surface area contributed by atoms with Crippen LogP contribution in [0.25, 0.3) is 0 Å². The zero-order valence-electron chi connectivity index (χ0n) is 9.16. The maximum absolute atomic E-state index is 9.13. The van der Waals surface area contributed by atoms with Gasteiger partial charge in [0.05, 0.1) is 12.2 Å². The van der Waals surface area contributed by atoms with E-state index in [9.17, 15) is 0 Å². The van der Waals surface area contributed by atoms with Gasteiger partial charge in [-0.25, -0.2) is 0 Å². The van der Waals surface area contributed by atoms with Crippen molar-refractivity contribution in [2.75, 3.05) is 0 Å². The van der Waals surface area contributed by atoms with Crippen molar-refractivity contribution in [3.63, 3.8) is 0 Å². The van der Waals surface area contributed by atoms with Gasteiger partial charge in [0.15, 0.2) is 0 Å². The summed E-state index contributed by atoms with van der Waals surface area (Å²) in [5, 5.41) is 18.2. The molecule has 0 bridgehead atoms. The lowest BCUT2D eigenvalue weighted by Gasteiger charge is -2.13. The van der Waals surface area contributed by atoms with Crippen LogP contribution >= 0.6 is 0 Å². The molecule has 3 unspecified atom stereocenters. The van der Waals surface area contributed by atoms with E-state index >= 15 is 0 Å². The Balaban J connectivity index is 3.22. The largest absolute Gasteiger partial charge is 0.393 e. The average molecular weight is 188 g/mol. The summed E-state index contributed by atoms with van der Waals surface area (Å²) in [6, 6.07) is 0. The Morgan fingerprint density at radius 2 is 1.38 bits per heavy atom. The van der Waals surface area contributed by atoms with Gasteiger partial charge in [-0.3, -0.25) is 0 Å². The minimum Gasteiger partial charge on any atom is -0.393 e. The fourth-order valence-electron chi connectivity index (χ4n) is 1.63. The van der Waals surface area contributed by atoms with E-state index in [4.69, 9.17) is 10.2 Å². The molecule has 0 spiro atoms. The van der Waals surface area contributed by atoms with Crippen molar-refractivity contribution in [2.24, 2.45) is 5.92 Å². The van der Waals surface area contributed by atoms with Gasteiger partial charge < -0.3 is 10.2 Å². The van der Waals surface area contributed by atoms with Crippen molar-refractivity contribution >= 4 is 0 Å². The highest BCUT2D eigenvalue weighted by Gasteiger charge is 2.05. The van der Waals surface area contributed by atoms with Crippen LogP contribution in [-0.4, -0.2) is 22.4 Å². The number of aliphatic hydroxyl groups is 2. The Kier molecular flexibility index (Phi) is 7.29. The van der Waals surface area contributed by atoms with Gasteiger partial charge in [0.25, 0.3) is 0 Å². The van der Waals surface area contributed by atoms with Crippen molar-refractivity contribution in [1.29, 1.82) is 0 Å².